The van der Waals surface area contributed by atoms with Crippen LogP contribution in [0.25, 0.3) is 0 Å². The Labute approximate surface area is 230 Å². The maximum absolute atomic E-state index is 13.9. The molecule has 39 heavy (non-hydrogen) atoms. The van der Waals surface area contributed by atoms with Gasteiger partial charge in [0, 0.05) is 43.4 Å². The molecule has 0 heterocycles. The summed E-state index contributed by atoms with van der Waals surface area (Å²) in [4.78, 5) is 42.6. The van der Waals surface area contributed by atoms with Gasteiger partial charge in [-0.1, -0.05) is 33.8 Å². The molecule has 0 radical (unpaired) electrons. The van der Waals surface area contributed by atoms with Crippen LogP contribution in [0.15, 0.2) is 42.5 Å². The summed E-state index contributed by atoms with van der Waals surface area (Å²) in [5, 5.41) is 2.92. The Morgan fingerprint density at radius 3 is 2.00 bits per heavy atom. The topological polar surface area (TPSA) is 95.7 Å². The molecule has 214 valence electrons. The Bertz CT molecular complexity index is 1100. The number of amides is 3. The number of carbonyl (C=O) groups is 3. The molecule has 3 amide bonds. The molecule has 0 fully saturated rings. The number of hydrogen-bond donors (Lipinski definition) is 2. The summed E-state index contributed by atoms with van der Waals surface area (Å²) in [5.74, 6) is -2.21. The zero-order chi connectivity index (χ0) is 29.1. The zero-order valence-electron chi connectivity index (χ0n) is 23.7. The number of nitrogens with two attached hydrogens (primary N) is 1. The number of nitrogens with zero attached hydrogens (tertiary/aromatic N) is 2. The predicted molar refractivity (Wildman–Crippen MR) is 149 cm³/mol. The van der Waals surface area contributed by atoms with Gasteiger partial charge in [-0.3, -0.25) is 14.4 Å². The van der Waals surface area contributed by atoms with Crippen LogP contribution in [0.1, 0.15) is 73.7 Å². The van der Waals surface area contributed by atoms with Crippen LogP contribution in [0.3, 0.4) is 0 Å². The molecule has 0 spiro atoms. The van der Waals surface area contributed by atoms with E-state index in [1.54, 1.807) is 41.0 Å². The third kappa shape index (κ3) is 10.1. The molecule has 9 heteroatoms. The molecule has 0 aliphatic rings. The molecule has 7 nitrogen and oxygen atoms in total. The number of hydrogen-bond acceptors (Lipinski definition) is 4. The minimum atomic E-state index is -0.747. The van der Waals surface area contributed by atoms with Crippen LogP contribution in [-0.4, -0.2) is 65.8 Å². The summed E-state index contributed by atoms with van der Waals surface area (Å²) in [6, 6.07) is 8.26. The van der Waals surface area contributed by atoms with Crippen molar-refractivity contribution >= 4 is 17.7 Å². The molecule has 0 aliphatic heterocycles. The summed E-state index contributed by atoms with van der Waals surface area (Å²) in [7, 11) is 0. The fraction of sp³-hybridized carbons (Fsp3) is 0.500. The fourth-order valence-electron chi connectivity index (χ4n) is 4.52. The maximum Gasteiger partial charge on any atom is 0.253 e. The van der Waals surface area contributed by atoms with Crippen LogP contribution in [0.2, 0.25) is 0 Å². The Balaban J connectivity index is 2.35. The third-order valence-corrected chi connectivity index (χ3v) is 6.11. The molecule has 0 bridgehead atoms. The molecule has 2 aromatic rings. The van der Waals surface area contributed by atoms with E-state index < -0.39 is 29.6 Å². The van der Waals surface area contributed by atoms with Gasteiger partial charge in [-0.15, -0.1) is 0 Å². The number of carbonyl (C=O) groups excluding carboxylic acids is 3. The smallest absolute Gasteiger partial charge is 0.253 e. The highest BCUT2D eigenvalue weighted by Gasteiger charge is 2.25. The average Bonchev–Trinajstić information content (AvgIpc) is 2.86. The first-order valence-electron chi connectivity index (χ1n) is 13.6. The quantitative estimate of drug-likeness (QED) is 0.369. The van der Waals surface area contributed by atoms with E-state index in [1.807, 2.05) is 27.7 Å². The number of benzene rings is 2. The van der Waals surface area contributed by atoms with E-state index in [-0.39, 0.29) is 36.3 Å². The molecule has 3 N–H and O–H groups in total. The van der Waals surface area contributed by atoms with Crippen molar-refractivity contribution in [1.82, 2.24) is 15.1 Å². The first-order chi connectivity index (χ1) is 18.4. The van der Waals surface area contributed by atoms with E-state index in [0.29, 0.717) is 30.8 Å². The van der Waals surface area contributed by atoms with Crippen molar-refractivity contribution in [2.45, 2.75) is 66.0 Å². The van der Waals surface area contributed by atoms with Crippen molar-refractivity contribution in [1.29, 1.82) is 0 Å². The lowest BCUT2D eigenvalue weighted by atomic mass is 10.0. The van der Waals surface area contributed by atoms with E-state index in [4.69, 9.17) is 5.73 Å². The highest BCUT2D eigenvalue weighted by atomic mass is 19.1. The van der Waals surface area contributed by atoms with Gasteiger partial charge < -0.3 is 20.9 Å². The van der Waals surface area contributed by atoms with Gasteiger partial charge in [-0.25, -0.2) is 8.78 Å². The first kappa shape index (κ1) is 31.9. The summed E-state index contributed by atoms with van der Waals surface area (Å²) < 4.78 is 27.9. The molecule has 0 saturated carbocycles. The molecule has 0 unspecified atom stereocenters. The van der Waals surface area contributed by atoms with Crippen LogP contribution in [0.5, 0.6) is 0 Å². The fourth-order valence-corrected chi connectivity index (χ4v) is 4.52. The number of rotatable bonds is 14. The van der Waals surface area contributed by atoms with Crippen LogP contribution in [-0.2, 0) is 11.2 Å². The minimum Gasteiger partial charge on any atom is -0.347 e. The Morgan fingerprint density at radius 1 is 0.872 bits per heavy atom. The van der Waals surface area contributed by atoms with Gasteiger partial charge in [-0.2, -0.15) is 0 Å². The highest BCUT2D eigenvalue weighted by molar-refractivity contribution is 5.99. The molecule has 2 atom stereocenters. The van der Waals surface area contributed by atoms with Gasteiger partial charge in [0.2, 0.25) is 5.91 Å². The number of halogens is 2. The monoisotopic (exact) mass is 544 g/mol. The molecule has 0 aromatic heterocycles. The summed E-state index contributed by atoms with van der Waals surface area (Å²) in [6.07, 6.45) is 1.73. The average molecular weight is 545 g/mol. The Kier molecular flexibility index (Phi) is 12.5. The van der Waals surface area contributed by atoms with E-state index >= 15 is 0 Å². The molecular weight excluding hydrogens is 502 g/mol. The Hall–Kier alpha value is -3.33. The summed E-state index contributed by atoms with van der Waals surface area (Å²) in [5.41, 5.74) is 6.89. The highest BCUT2D eigenvalue weighted by Crippen LogP contribution is 2.14. The lowest BCUT2D eigenvalue weighted by Crippen LogP contribution is -2.51. The number of nitrogens with one attached hydrogen (secondary N) is 1. The van der Waals surface area contributed by atoms with Crippen LogP contribution in [0.4, 0.5) is 8.78 Å². The normalized spacial score (nSPS) is 12.6. The molecular formula is C30H42F2N4O3. The van der Waals surface area contributed by atoms with Gasteiger partial charge in [0.15, 0.2) is 0 Å². The van der Waals surface area contributed by atoms with Gasteiger partial charge in [0.1, 0.15) is 11.6 Å². The van der Waals surface area contributed by atoms with Crippen molar-refractivity contribution < 1.29 is 23.2 Å². The van der Waals surface area contributed by atoms with E-state index in [9.17, 15) is 23.2 Å². The van der Waals surface area contributed by atoms with E-state index in [1.165, 1.54) is 12.1 Å². The second-order valence-corrected chi connectivity index (χ2v) is 10.5. The Morgan fingerprint density at radius 2 is 1.46 bits per heavy atom. The standard InChI is InChI=1S/C30H42F2N4O3/c1-6-11-35(12-7-2)30(39)24-10-8-9-23(16-24)28(37)34-27(15-22-13-25(31)17-26(32)14-22)19-36(18-20(3)4)29(38)21(5)33/h8-10,13-14,16-17,20-21,27H,6-7,11-12,15,18-19,33H2,1-5H3,(H,34,37)/t21-,27-/m0/s1. The van der Waals surface area contributed by atoms with E-state index in [0.717, 1.165) is 18.9 Å². The summed E-state index contributed by atoms with van der Waals surface area (Å²) in [6.45, 7) is 11.3. The van der Waals surface area contributed by atoms with E-state index in [2.05, 4.69) is 5.32 Å². The predicted octanol–water partition coefficient (Wildman–Crippen LogP) is 4.40. The summed E-state index contributed by atoms with van der Waals surface area (Å²) >= 11 is 0. The van der Waals surface area contributed by atoms with Crippen molar-refractivity contribution in [2.24, 2.45) is 11.7 Å². The minimum absolute atomic E-state index is 0.0840. The van der Waals surface area contributed by atoms with Crippen LogP contribution < -0.4 is 11.1 Å². The third-order valence-electron chi connectivity index (χ3n) is 6.11. The van der Waals surface area contributed by atoms with Gasteiger partial charge in [0.25, 0.3) is 11.8 Å². The molecule has 0 aliphatic carbocycles. The molecule has 2 rings (SSSR count). The zero-order valence-corrected chi connectivity index (χ0v) is 23.7. The van der Waals surface area contributed by atoms with Crippen molar-refractivity contribution in [3.05, 3.63) is 70.8 Å². The SMILES string of the molecule is CCCN(CCC)C(=O)c1cccc(C(=O)N[C@@H](Cc2cc(F)cc(F)c2)CN(CC(C)C)C(=O)[C@H](C)N)c1. The lowest BCUT2D eigenvalue weighted by Gasteiger charge is -2.31. The van der Waals surface area contributed by atoms with Gasteiger partial charge >= 0.3 is 0 Å². The second kappa shape index (κ2) is 15.3. The molecule has 0 saturated heterocycles. The van der Waals surface area contributed by atoms with Crippen molar-refractivity contribution in [3.63, 3.8) is 0 Å². The lowest BCUT2D eigenvalue weighted by molar-refractivity contribution is -0.133. The van der Waals surface area contributed by atoms with Gasteiger partial charge in [0.05, 0.1) is 12.1 Å². The second-order valence-electron chi connectivity index (χ2n) is 10.5. The van der Waals surface area contributed by atoms with Crippen molar-refractivity contribution in [3.8, 4) is 0 Å². The van der Waals surface area contributed by atoms with Gasteiger partial charge in [-0.05, 0) is 68.0 Å². The van der Waals surface area contributed by atoms with Crippen LogP contribution >= 0.6 is 0 Å². The first-order valence-corrected chi connectivity index (χ1v) is 13.6. The van der Waals surface area contributed by atoms with Crippen LogP contribution in [0, 0.1) is 17.6 Å². The maximum atomic E-state index is 13.9. The van der Waals surface area contributed by atoms with Crippen molar-refractivity contribution in [2.75, 3.05) is 26.2 Å². The molecule has 2 aromatic carbocycles. The largest absolute Gasteiger partial charge is 0.347 e.